The van der Waals surface area contributed by atoms with Crippen LogP contribution in [0.4, 0.5) is 11.4 Å². The molecule has 8 atom stereocenters. The van der Waals surface area contributed by atoms with E-state index in [9.17, 15) is 70.9 Å². The molecule has 0 aromatic heterocycles. The van der Waals surface area contributed by atoms with Crippen molar-refractivity contribution in [3.05, 3.63) is 322 Å². The molecule has 130 heavy (non-hydrogen) atoms. The monoisotopic (exact) mass is 1740 g/mol. The van der Waals surface area contributed by atoms with Crippen LogP contribution in [-0.2, 0) is 40.9 Å². The second-order valence-corrected chi connectivity index (χ2v) is 32.9. The summed E-state index contributed by atoms with van der Waals surface area (Å²) in [6.07, 6.45) is 28.0. The number of aromatic hydroxyl groups is 12. The van der Waals surface area contributed by atoms with Gasteiger partial charge < -0.3 is 81.6 Å². The van der Waals surface area contributed by atoms with Crippen LogP contribution in [0.1, 0.15) is 185 Å². The first-order valence-electron chi connectivity index (χ1n) is 40.6. The van der Waals surface area contributed by atoms with Gasteiger partial charge in [0.15, 0.2) is 59.2 Å². The number of azide groups is 4. The molecule has 0 saturated carbocycles. The van der Waals surface area contributed by atoms with Crippen molar-refractivity contribution in [2.45, 2.75) is 112 Å². The second-order valence-electron chi connectivity index (χ2n) is 32.9. The minimum atomic E-state index is -0.814. The van der Waals surface area contributed by atoms with E-state index in [1.54, 1.807) is 79.7 Å². The van der Waals surface area contributed by atoms with Crippen molar-refractivity contribution in [2.24, 2.45) is 30.8 Å². The average molecular weight is 1740 g/mol. The number of terminal acetylenes is 4. The number of amides is 2. The highest BCUT2D eigenvalue weighted by Crippen LogP contribution is 2.65. The Morgan fingerprint density at radius 2 is 0.708 bits per heavy atom. The fourth-order valence-corrected chi connectivity index (χ4v) is 19.9. The molecule has 8 aliphatic carbocycles. The third kappa shape index (κ3) is 15.3. The SMILES string of the molecule is C#CC(=O)NC1CC2(CC(NC(=O)C#C)c3cc(O)c(O)cc32)c2cc(C)c(O)cc21.C#CCO/N=C1\CC2(C/C(=N\OCC#C)c3cc(O)c(O)cc32)c2cc(C)c(O)cc21.Cc1cc2c(cc1O)C(CN=[N+]=[N-])CC21CC(CN=[N+]=[N-])c2cc(O)c(O)cc21.Cc1cc2c(cc1O)C(c1ccc(N=[N+]=[N-])cc1)=CC21C=C(c2ccc(N=[N+]=[N-])cc2)c2cc(O)c(O)cc21. The van der Waals surface area contributed by atoms with E-state index in [4.69, 9.17) is 57.5 Å². The van der Waals surface area contributed by atoms with Crippen molar-refractivity contribution in [3.8, 4) is 118 Å². The van der Waals surface area contributed by atoms with Gasteiger partial charge >= 0.3 is 0 Å². The molecule has 18 rings (SSSR count). The lowest BCUT2D eigenvalue weighted by atomic mass is 9.75. The van der Waals surface area contributed by atoms with Crippen LogP contribution >= 0.6 is 0 Å². The normalized spacial score (nSPS) is 20.7. The van der Waals surface area contributed by atoms with E-state index in [1.807, 2.05) is 81.1 Å². The number of nitrogens with zero attached hydrogens (tertiary/aromatic N) is 14. The molecule has 14 N–H and O–H groups in total. The molecule has 0 saturated heterocycles. The molecule has 32 nitrogen and oxygen atoms in total. The summed E-state index contributed by atoms with van der Waals surface area (Å²) in [7, 11) is 0. The molecule has 648 valence electrons. The summed E-state index contributed by atoms with van der Waals surface area (Å²) < 4.78 is 0. The van der Waals surface area contributed by atoms with Crippen molar-refractivity contribution in [2.75, 3.05) is 26.3 Å². The van der Waals surface area contributed by atoms with Crippen molar-refractivity contribution in [3.63, 3.8) is 0 Å². The molecular weight excluding hydrogens is 1660 g/mol. The molecule has 8 unspecified atom stereocenters. The lowest BCUT2D eigenvalue weighted by Gasteiger charge is -2.28. The van der Waals surface area contributed by atoms with Gasteiger partial charge in [-0.1, -0.05) is 128 Å². The molecule has 0 fully saturated rings. The molecule has 2 amide bonds. The fraction of sp³-hybridized carbons (Fsp3) is 0.224. The standard InChI is InChI=1S/C30H20N6O3.2C24H20N2O5.C20H20N6O3/c1-16-10-25-21(11-27(16)37)23(17-2-6-19(7-3-17)33-35-31)14-30(25)15-24(18-4-8-20(9-5-18)34-36-32)22-12-28(38)29(39)13-26(22)30;1-4-22(30)25-17-10-24(15-6-12(3)19(27)7-13(15)17)11-18(26-23(31)5-2)14-8-20(28)21(29)9-16(14)24;1-4-6-30-25-19-12-24(17-8-14(3)21(27)9-15(17)19)13-20(26-31-7-5-2)16-10-22(28)23(29)11-18(16)24;1-10-2-15-13(3-17(10)27)11(8-23-25-21)6-20(15)7-12(9-24-26-22)14-4-18(28)19(29)5-16(14)20/h2-15,37-39H,1H3;1-2,6-9,17-18,27-29H,10-11H2,3H3,(H,25,30)(H,26,31);1-2,8-11,27-29H,6-7,12-13H2,3H3;2-5,11-12,27-29H,6-9H2,1H3/b;;25-19+,26-20+;. The van der Waals surface area contributed by atoms with Gasteiger partial charge in [-0.05, 0) is 294 Å². The van der Waals surface area contributed by atoms with E-state index in [0.29, 0.717) is 100 Å². The Bertz CT molecular complexity index is 6610. The van der Waals surface area contributed by atoms with Gasteiger partial charge in [-0.15, -0.1) is 25.7 Å². The first-order chi connectivity index (χ1) is 62.3. The number of nitrogens with one attached hydrogen (secondary N) is 2. The molecule has 8 aliphatic rings. The molecule has 0 bridgehead atoms. The van der Waals surface area contributed by atoms with Gasteiger partial charge in [0.2, 0.25) is 0 Å². The van der Waals surface area contributed by atoms with Crippen molar-refractivity contribution < 1.29 is 80.5 Å². The summed E-state index contributed by atoms with van der Waals surface area (Å²) in [5.41, 5.74) is 53.6. The molecule has 4 spiro atoms. The molecule has 32 heteroatoms. The van der Waals surface area contributed by atoms with E-state index in [1.165, 1.54) is 24.3 Å². The maximum atomic E-state index is 12.0. The quantitative estimate of drug-likeness (QED) is 0.00914. The zero-order chi connectivity index (χ0) is 92.7. The first-order valence-corrected chi connectivity index (χ1v) is 40.6. The number of aryl methyl sites for hydroxylation is 4. The fourth-order valence-electron chi connectivity index (χ4n) is 19.9. The van der Waals surface area contributed by atoms with E-state index >= 15 is 0 Å². The summed E-state index contributed by atoms with van der Waals surface area (Å²) in [4.78, 5) is 45.8. The van der Waals surface area contributed by atoms with Crippen LogP contribution in [0.15, 0.2) is 189 Å². The van der Waals surface area contributed by atoms with E-state index in [2.05, 4.69) is 85.0 Å². The van der Waals surface area contributed by atoms with Gasteiger partial charge in [-0.3, -0.25) is 9.59 Å². The van der Waals surface area contributed by atoms with E-state index < -0.39 is 45.6 Å². The number of rotatable bonds is 14. The number of oxime groups is 2. The number of carbonyl (C=O) groups excluding carboxylic acids is 2. The summed E-state index contributed by atoms with van der Waals surface area (Å²) >= 11 is 0. The zero-order valence-electron chi connectivity index (χ0n) is 70.0. The number of fused-ring (bicyclic) bond motifs is 16. The predicted molar refractivity (Wildman–Crippen MR) is 482 cm³/mol. The smallest absolute Gasteiger partial charge is 0.296 e. The van der Waals surface area contributed by atoms with Crippen molar-refractivity contribution >= 4 is 45.8 Å². The van der Waals surface area contributed by atoms with Gasteiger partial charge in [0.1, 0.15) is 23.0 Å². The third-order valence-electron chi connectivity index (χ3n) is 25.7. The molecule has 0 heterocycles. The van der Waals surface area contributed by atoms with E-state index in [-0.39, 0.29) is 107 Å². The Morgan fingerprint density at radius 3 is 1.14 bits per heavy atom. The van der Waals surface area contributed by atoms with Crippen LogP contribution in [-0.4, -0.2) is 111 Å². The number of carbonyl (C=O) groups is 2. The van der Waals surface area contributed by atoms with Crippen LogP contribution in [0.2, 0.25) is 0 Å². The Morgan fingerprint density at radius 1 is 0.392 bits per heavy atom. The molecule has 10 aromatic carbocycles. The van der Waals surface area contributed by atoms with Crippen LogP contribution in [0.5, 0.6) is 69.0 Å². The van der Waals surface area contributed by atoms with Gasteiger partial charge in [0.05, 0.1) is 28.9 Å². The lowest BCUT2D eigenvalue weighted by molar-refractivity contribution is -0.117. The number of allylic oxidation sites excluding steroid dienone is 2. The van der Waals surface area contributed by atoms with Gasteiger partial charge in [-0.2, -0.15) is 0 Å². The topological polar surface area (TPSA) is 539 Å². The zero-order valence-corrected chi connectivity index (χ0v) is 70.0. The molecule has 10 aromatic rings. The minimum absolute atomic E-state index is 0.00606. The number of phenols is 12. The van der Waals surface area contributed by atoms with Crippen LogP contribution in [0, 0.1) is 77.1 Å². The molecule has 0 aliphatic heterocycles. The largest absolute Gasteiger partial charge is 0.508 e. The highest BCUT2D eigenvalue weighted by atomic mass is 16.6. The summed E-state index contributed by atoms with van der Waals surface area (Å²) in [5, 5.41) is 152. The van der Waals surface area contributed by atoms with Crippen molar-refractivity contribution in [1.82, 2.24) is 10.6 Å². The maximum absolute atomic E-state index is 12.0. The van der Waals surface area contributed by atoms with Crippen LogP contribution < -0.4 is 10.6 Å². The first kappa shape index (κ1) is 87.5. The molecular formula is C98H80N16O16. The highest BCUT2D eigenvalue weighted by molar-refractivity contribution is 6.14. The summed E-state index contributed by atoms with van der Waals surface area (Å²) in [6, 6.07) is 39.8. The Labute approximate surface area is 742 Å². The average Bonchev–Trinajstić information content (AvgIpc) is 1.52. The molecule has 0 radical (unpaired) electrons. The maximum Gasteiger partial charge on any atom is 0.296 e. The van der Waals surface area contributed by atoms with Crippen LogP contribution in [0.3, 0.4) is 0 Å². The lowest BCUT2D eigenvalue weighted by Crippen LogP contribution is -2.30. The third-order valence-corrected chi connectivity index (χ3v) is 25.7. The van der Waals surface area contributed by atoms with Gasteiger partial charge in [0, 0.05) is 84.3 Å². The van der Waals surface area contributed by atoms with Gasteiger partial charge in [0.25, 0.3) is 11.8 Å². The Kier molecular flexibility index (Phi) is 23.3. The Balaban J connectivity index is 0.000000134. The van der Waals surface area contributed by atoms with Crippen LogP contribution in [0.25, 0.3) is 52.9 Å². The summed E-state index contributed by atoms with van der Waals surface area (Å²) in [5.74, 6) is 5.98. The number of phenolic OH excluding ortho intramolecular Hbond substituents is 12. The second kappa shape index (κ2) is 34.6. The van der Waals surface area contributed by atoms with Gasteiger partial charge in [-0.25, -0.2) is 0 Å². The number of hydrogen-bond donors (Lipinski definition) is 14. The number of hydrogen-bond acceptors (Lipinski definition) is 22. The Hall–Kier alpha value is -17.4. The highest BCUT2D eigenvalue weighted by Gasteiger charge is 2.56. The van der Waals surface area contributed by atoms with Crippen molar-refractivity contribution in [1.29, 1.82) is 0 Å². The number of benzene rings is 10. The predicted octanol–water partition coefficient (Wildman–Crippen LogP) is 17.9. The minimum Gasteiger partial charge on any atom is -0.508 e. The summed E-state index contributed by atoms with van der Waals surface area (Å²) in [6.45, 7) is 7.75. The van der Waals surface area contributed by atoms with E-state index in [0.717, 1.165) is 94.6 Å².